The van der Waals surface area contributed by atoms with Gasteiger partial charge in [-0.25, -0.2) is 0 Å². The number of carbonyl (C=O) groups is 2. The van der Waals surface area contributed by atoms with E-state index in [4.69, 9.17) is 11.6 Å². The molecule has 132 valence electrons. The van der Waals surface area contributed by atoms with Gasteiger partial charge in [0, 0.05) is 18.6 Å². The second-order valence-electron chi connectivity index (χ2n) is 6.10. The van der Waals surface area contributed by atoms with E-state index < -0.39 is 6.04 Å². The predicted molar refractivity (Wildman–Crippen MR) is 100 cm³/mol. The Morgan fingerprint density at radius 1 is 1.12 bits per heavy atom. The quantitative estimate of drug-likeness (QED) is 0.860. The summed E-state index contributed by atoms with van der Waals surface area (Å²) in [5, 5.41) is 3.25. The van der Waals surface area contributed by atoms with E-state index in [-0.39, 0.29) is 18.2 Å². The Hall–Kier alpha value is -2.33. The number of aryl methyl sites for hydroxylation is 1. The highest BCUT2D eigenvalue weighted by Gasteiger charge is 2.25. The largest absolute Gasteiger partial charge is 0.357 e. The van der Waals surface area contributed by atoms with Gasteiger partial charge >= 0.3 is 0 Å². The standard InChI is InChI=1S/C20H23ClN2O2/c1-14-5-4-6-17(11-14)13-23(15(2)20(25)22-3)19(24)12-16-7-9-18(21)10-8-16/h4-11,15H,12-13H2,1-3H3,(H,22,25)/t15-/m1/s1. The maximum Gasteiger partial charge on any atom is 0.242 e. The van der Waals surface area contributed by atoms with Crippen molar-refractivity contribution in [3.05, 3.63) is 70.2 Å². The minimum absolute atomic E-state index is 0.0973. The maximum atomic E-state index is 12.9. The van der Waals surface area contributed by atoms with Gasteiger partial charge < -0.3 is 10.2 Å². The third-order valence-corrected chi connectivity index (χ3v) is 4.37. The van der Waals surface area contributed by atoms with Crippen LogP contribution in [0, 0.1) is 6.92 Å². The van der Waals surface area contributed by atoms with Crippen molar-refractivity contribution < 1.29 is 9.59 Å². The number of rotatable bonds is 6. The molecule has 1 N–H and O–H groups in total. The monoisotopic (exact) mass is 358 g/mol. The van der Waals surface area contributed by atoms with E-state index in [1.165, 1.54) is 0 Å². The minimum atomic E-state index is -0.551. The summed E-state index contributed by atoms with van der Waals surface area (Å²) in [6.45, 7) is 4.14. The van der Waals surface area contributed by atoms with Crippen molar-refractivity contribution in [1.82, 2.24) is 10.2 Å². The van der Waals surface area contributed by atoms with Crippen LogP contribution in [0.2, 0.25) is 5.02 Å². The van der Waals surface area contributed by atoms with Crippen LogP contribution in [0.4, 0.5) is 0 Å². The Bertz CT molecular complexity index is 744. The number of carbonyl (C=O) groups excluding carboxylic acids is 2. The molecular weight excluding hydrogens is 336 g/mol. The fourth-order valence-corrected chi connectivity index (χ4v) is 2.80. The molecule has 0 aliphatic heterocycles. The highest BCUT2D eigenvalue weighted by Crippen LogP contribution is 2.15. The predicted octanol–water partition coefficient (Wildman–Crippen LogP) is 3.35. The molecule has 0 unspecified atom stereocenters. The Morgan fingerprint density at radius 2 is 1.80 bits per heavy atom. The SMILES string of the molecule is CNC(=O)[C@@H](C)N(Cc1cccc(C)c1)C(=O)Cc1ccc(Cl)cc1. The lowest BCUT2D eigenvalue weighted by molar-refractivity contribution is -0.139. The van der Waals surface area contributed by atoms with Gasteiger partial charge in [-0.05, 0) is 37.1 Å². The van der Waals surface area contributed by atoms with Crippen LogP contribution in [-0.2, 0) is 22.6 Å². The molecule has 2 rings (SSSR count). The van der Waals surface area contributed by atoms with Crippen molar-refractivity contribution in [3.63, 3.8) is 0 Å². The van der Waals surface area contributed by atoms with E-state index in [1.54, 1.807) is 31.0 Å². The average Bonchev–Trinajstić information content (AvgIpc) is 2.60. The Morgan fingerprint density at radius 3 is 2.40 bits per heavy atom. The van der Waals surface area contributed by atoms with Crippen LogP contribution in [0.3, 0.4) is 0 Å². The van der Waals surface area contributed by atoms with Crippen molar-refractivity contribution in [3.8, 4) is 0 Å². The van der Waals surface area contributed by atoms with Gasteiger partial charge in [0.05, 0.1) is 6.42 Å². The summed E-state index contributed by atoms with van der Waals surface area (Å²) >= 11 is 5.90. The molecule has 0 saturated carbocycles. The number of halogens is 1. The van der Waals surface area contributed by atoms with E-state index in [1.807, 2.05) is 43.3 Å². The van der Waals surface area contributed by atoms with E-state index in [0.717, 1.165) is 16.7 Å². The van der Waals surface area contributed by atoms with E-state index in [0.29, 0.717) is 11.6 Å². The lowest BCUT2D eigenvalue weighted by Crippen LogP contribution is -2.47. The zero-order valence-corrected chi connectivity index (χ0v) is 15.5. The second kappa shape index (κ2) is 8.67. The molecule has 1 atom stereocenters. The zero-order chi connectivity index (χ0) is 18.4. The molecule has 0 saturated heterocycles. The number of hydrogen-bond acceptors (Lipinski definition) is 2. The first-order valence-electron chi connectivity index (χ1n) is 8.21. The van der Waals surface area contributed by atoms with Crippen LogP contribution in [0.15, 0.2) is 48.5 Å². The number of nitrogens with one attached hydrogen (secondary N) is 1. The van der Waals surface area contributed by atoms with Gasteiger partial charge in [-0.2, -0.15) is 0 Å². The highest BCUT2D eigenvalue weighted by atomic mass is 35.5. The van der Waals surface area contributed by atoms with Crippen LogP contribution < -0.4 is 5.32 Å². The van der Waals surface area contributed by atoms with Crippen molar-refractivity contribution >= 4 is 23.4 Å². The van der Waals surface area contributed by atoms with Crippen LogP contribution in [-0.4, -0.2) is 29.8 Å². The first kappa shape index (κ1) is 19.0. The normalized spacial score (nSPS) is 11.7. The van der Waals surface area contributed by atoms with Crippen molar-refractivity contribution in [2.75, 3.05) is 7.05 Å². The van der Waals surface area contributed by atoms with Crippen LogP contribution in [0.25, 0.3) is 0 Å². The van der Waals surface area contributed by atoms with Gasteiger partial charge in [-0.1, -0.05) is 53.6 Å². The summed E-state index contributed by atoms with van der Waals surface area (Å²) < 4.78 is 0. The Balaban J connectivity index is 2.21. The number of likely N-dealkylation sites (N-methyl/N-ethyl adjacent to an activating group) is 1. The summed E-state index contributed by atoms with van der Waals surface area (Å²) in [4.78, 5) is 26.6. The number of nitrogens with zero attached hydrogens (tertiary/aromatic N) is 1. The van der Waals surface area contributed by atoms with Crippen LogP contribution in [0.5, 0.6) is 0 Å². The molecule has 4 nitrogen and oxygen atoms in total. The molecule has 0 spiro atoms. The van der Waals surface area contributed by atoms with Crippen molar-refractivity contribution in [2.24, 2.45) is 0 Å². The van der Waals surface area contributed by atoms with Gasteiger partial charge in [0.15, 0.2) is 0 Å². The molecule has 2 aromatic carbocycles. The topological polar surface area (TPSA) is 49.4 Å². The van der Waals surface area contributed by atoms with Gasteiger partial charge in [-0.15, -0.1) is 0 Å². The molecular formula is C20H23ClN2O2. The summed E-state index contributed by atoms with van der Waals surface area (Å²) in [6.07, 6.45) is 0.227. The van der Waals surface area contributed by atoms with E-state index in [9.17, 15) is 9.59 Å². The summed E-state index contributed by atoms with van der Waals surface area (Å²) in [5.41, 5.74) is 2.99. The third-order valence-electron chi connectivity index (χ3n) is 4.12. The van der Waals surface area contributed by atoms with E-state index >= 15 is 0 Å². The summed E-state index contributed by atoms with van der Waals surface area (Å²) in [7, 11) is 1.58. The summed E-state index contributed by atoms with van der Waals surface area (Å²) in [5.74, 6) is -0.281. The molecule has 0 bridgehead atoms. The summed E-state index contributed by atoms with van der Waals surface area (Å²) in [6, 6.07) is 14.6. The lowest BCUT2D eigenvalue weighted by atomic mass is 10.1. The van der Waals surface area contributed by atoms with E-state index in [2.05, 4.69) is 5.32 Å². The fourth-order valence-electron chi connectivity index (χ4n) is 2.68. The molecule has 0 aliphatic rings. The van der Waals surface area contributed by atoms with Crippen LogP contribution >= 0.6 is 11.6 Å². The lowest BCUT2D eigenvalue weighted by Gasteiger charge is -2.28. The molecule has 0 fully saturated rings. The van der Waals surface area contributed by atoms with Crippen molar-refractivity contribution in [1.29, 1.82) is 0 Å². The van der Waals surface area contributed by atoms with Crippen molar-refractivity contribution in [2.45, 2.75) is 32.9 Å². The Kier molecular flexibility index (Phi) is 6.59. The molecule has 2 aromatic rings. The zero-order valence-electron chi connectivity index (χ0n) is 14.8. The van der Waals surface area contributed by atoms with Gasteiger partial charge in [-0.3, -0.25) is 9.59 Å². The maximum absolute atomic E-state index is 12.9. The number of hydrogen-bond donors (Lipinski definition) is 1. The molecule has 5 heteroatoms. The third kappa shape index (κ3) is 5.33. The molecule has 0 heterocycles. The van der Waals surface area contributed by atoms with Gasteiger partial charge in [0.25, 0.3) is 0 Å². The number of benzene rings is 2. The van der Waals surface area contributed by atoms with Gasteiger partial charge in [0.1, 0.15) is 6.04 Å². The average molecular weight is 359 g/mol. The smallest absolute Gasteiger partial charge is 0.242 e. The Labute approximate surface area is 153 Å². The second-order valence-corrected chi connectivity index (χ2v) is 6.54. The minimum Gasteiger partial charge on any atom is -0.357 e. The van der Waals surface area contributed by atoms with Gasteiger partial charge in [0.2, 0.25) is 11.8 Å². The fraction of sp³-hybridized carbons (Fsp3) is 0.300. The molecule has 0 aromatic heterocycles. The highest BCUT2D eigenvalue weighted by molar-refractivity contribution is 6.30. The molecule has 0 aliphatic carbocycles. The molecule has 2 amide bonds. The molecule has 0 radical (unpaired) electrons. The number of amides is 2. The first-order valence-corrected chi connectivity index (χ1v) is 8.59. The first-order chi connectivity index (χ1) is 11.9. The molecule has 25 heavy (non-hydrogen) atoms. The van der Waals surface area contributed by atoms with Crippen LogP contribution in [0.1, 0.15) is 23.6 Å².